The van der Waals surface area contributed by atoms with Gasteiger partial charge in [-0.05, 0) is 139 Å². The lowest BCUT2D eigenvalue weighted by atomic mass is 9.83. The fourth-order valence-corrected chi connectivity index (χ4v) is 10.5. The Bertz CT molecular complexity index is 2790. The van der Waals surface area contributed by atoms with Crippen LogP contribution in [0.2, 0.25) is 0 Å². The van der Waals surface area contributed by atoms with Gasteiger partial charge in [0, 0.05) is 62.1 Å². The van der Waals surface area contributed by atoms with Crippen molar-refractivity contribution in [2.75, 3.05) is 65.1 Å². The summed E-state index contributed by atoms with van der Waals surface area (Å²) in [4.78, 5) is 69.7. The maximum atomic E-state index is 14.2. The number of ketones is 1. The highest BCUT2D eigenvalue weighted by Gasteiger charge is 2.40. The first-order valence-electron chi connectivity index (χ1n) is 27.9. The molecule has 0 radical (unpaired) electrons. The minimum Gasteiger partial charge on any atom is -0.494 e. The Labute approximate surface area is 468 Å². The van der Waals surface area contributed by atoms with Crippen LogP contribution in [0.4, 0.5) is 5.69 Å². The zero-order valence-electron chi connectivity index (χ0n) is 46.2. The topological polar surface area (TPSA) is 249 Å². The number of rotatable bonds is 32. The van der Waals surface area contributed by atoms with E-state index in [2.05, 4.69) is 46.4 Å². The van der Waals surface area contributed by atoms with Gasteiger partial charge in [0.2, 0.25) is 17.6 Å². The van der Waals surface area contributed by atoms with E-state index < -0.39 is 12.1 Å². The Morgan fingerprint density at radius 3 is 2.38 bits per heavy atom. The predicted molar refractivity (Wildman–Crippen MR) is 307 cm³/mol. The van der Waals surface area contributed by atoms with E-state index in [-0.39, 0.29) is 41.5 Å². The van der Waals surface area contributed by atoms with E-state index in [4.69, 9.17) is 24.7 Å². The molecule has 1 saturated heterocycles. The van der Waals surface area contributed by atoms with Crippen LogP contribution in [0.1, 0.15) is 151 Å². The number of nitrogens with two attached hydrogens (primary N) is 1. The maximum absolute atomic E-state index is 14.2. The second-order valence-corrected chi connectivity index (χ2v) is 21.0. The molecule has 2 aromatic heterocycles. The van der Waals surface area contributed by atoms with Crippen molar-refractivity contribution < 1.29 is 38.1 Å². The Kier molecular flexibility index (Phi) is 23.8. The minimum atomic E-state index is -0.579. The SMILES string of the molecule is CCN=C/C=C(\N)c1n[nH]c(CNc2cccc(C(=O)N[C@H](C)c3cccc(OCCCCCOCCCOCCOc4cccc(C(=O)c5cnc([C@@H]6CCCN6C(=O)[C@@H](NC(=O)[C@H](C)NC)C6CCCCC6)s5)c4)c3)c2)n1. The van der Waals surface area contributed by atoms with Gasteiger partial charge in [0.25, 0.3) is 5.91 Å². The summed E-state index contributed by atoms with van der Waals surface area (Å²) in [6, 6.07) is 20.7. The first-order chi connectivity index (χ1) is 38.5. The Morgan fingerprint density at radius 1 is 0.835 bits per heavy atom. The summed E-state index contributed by atoms with van der Waals surface area (Å²) in [5.41, 5.74) is 9.18. The van der Waals surface area contributed by atoms with Crippen molar-refractivity contribution in [1.29, 1.82) is 0 Å². The summed E-state index contributed by atoms with van der Waals surface area (Å²) in [5.74, 6) is 1.85. The molecule has 3 aromatic carbocycles. The third-order valence-electron chi connectivity index (χ3n) is 14.1. The number of aromatic amines is 1. The highest BCUT2D eigenvalue weighted by Crippen LogP contribution is 2.37. The molecule has 2 aliphatic rings. The number of aliphatic imine (C=N–C) groups is 1. The molecular formula is C59H79N11O8S. The summed E-state index contributed by atoms with van der Waals surface area (Å²) in [7, 11) is 1.74. The largest absolute Gasteiger partial charge is 0.494 e. The van der Waals surface area contributed by atoms with E-state index in [0.29, 0.717) is 98.4 Å². The Balaban J connectivity index is 0.729. The number of carbonyl (C=O) groups is 4. The van der Waals surface area contributed by atoms with Gasteiger partial charge in [0.15, 0.2) is 5.82 Å². The molecule has 0 unspecified atom stereocenters. The van der Waals surface area contributed by atoms with Crippen molar-refractivity contribution in [1.82, 2.24) is 41.0 Å². The monoisotopic (exact) mass is 1100 g/mol. The van der Waals surface area contributed by atoms with E-state index in [9.17, 15) is 19.2 Å². The first kappa shape index (κ1) is 59.7. The van der Waals surface area contributed by atoms with Gasteiger partial charge >= 0.3 is 0 Å². The zero-order chi connectivity index (χ0) is 55.8. The molecule has 5 aromatic rings. The summed E-state index contributed by atoms with van der Waals surface area (Å²) in [5, 5.41) is 20.3. The molecule has 1 saturated carbocycles. The molecule has 3 heterocycles. The van der Waals surface area contributed by atoms with E-state index in [1.807, 2.05) is 61.2 Å². The van der Waals surface area contributed by atoms with Crippen molar-refractivity contribution in [2.45, 2.75) is 122 Å². The van der Waals surface area contributed by atoms with Crippen LogP contribution in [0.15, 0.2) is 90.1 Å². The number of likely N-dealkylation sites (N-methyl/N-ethyl adjacent to an activating group) is 1. The molecule has 79 heavy (non-hydrogen) atoms. The number of amides is 3. The average Bonchev–Trinajstić information content (AvgIpc) is 4.36. The van der Waals surface area contributed by atoms with Crippen molar-refractivity contribution in [3.05, 3.63) is 123 Å². The molecule has 7 N–H and O–H groups in total. The molecule has 7 rings (SSSR count). The normalized spacial score (nSPS) is 16.1. The summed E-state index contributed by atoms with van der Waals surface area (Å²) in [6.07, 6.45) is 15.1. The zero-order valence-corrected chi connectivity index (χ0v) is 47.0. The molecule has 19 nitrogen and oxygen atoms in total. The second-order valence-electron chi connectivity index (χ2n) is 19.9. The van der Waals surface area contributed by atoms with Crippen LogP contribution in [0.25, 0.3) is 5.70 Å². The predicted octanol–water partition coefficient (Wildman–Crippen LogP) is 8.37. The van der Waals surface area contributed by atoms with Crippen LogP contribution in [-0.2, 0) is 25.6 Å². The maximum Gasteiger partial charge on any atom is 0.251 e. The number of thiazole rings is 1. The third kappa shape index (κ3) is 18.3. The van der Waals surface area contributed by atoms with Gasteiger partial charge < -0.3 is 50.8 Å². The molecule has 0 spiro atoms. The molecule has 3 amide bonds. The minimum absolute atomic E-state index is 0.0559. The lowest BCUT2D eigenvalue weighted by molar-refractivity contribution is -0.139. The number of hydrogen-bond acceptors (Lipinski definition) is 16. The van der Waals surface area contributed by atoms with E-state index in [0.717, 1.165) is 92.6 Å². The van der Waals surface area contributed by atoms with Crippen LogP contribution < -0.4 is 36.5 Å². The number of benzene rings is 3. The van der Waals surface area contributed by atoms with Gasteiger partial charge in [0.1, 0.15) is 35.0 Å². The molecule has 4 atom stereocenters. The number of anilines is 1. The summed E-state index contributed by atoms with van der Waals surface area (Å²) < 4.78 is 23.6. The van der Waals surface area contributed by atoms with Crippen LogP contribution in [0.5, 0.6) is 11.5 Å². The number of ether oxygens (including phenoxy) is 4. The number of aromatic nitrogens is 4. The van der Waals surface area contributed by atoms with E-state index in [1.54, 1.807) is 62.8 Å². The van der Waals surface area contributed by atoms with Gasteiger partial charge in [-0.25, -0.2) is 9.97 Å². The van der Waals surface area contributed by atoms with Crippen LogP contribution in [-0.4, -0.2) is 127 Å². The van der Waals surface area contributed by atoms with Crippen molar-refractivity contribution >= 4 is 52.4 Å². The first-order valence-corrected chi connectivity index (χ1v) is 28.7. The fraction of sp³-hybridized carbons (Fsp3) is 0.492. The number of carbonyl (C=O) groups excluding carboxylic acids is 4. The quantitative estimate of drug-likeness (QED) is 0.0135. The van der Waals surface area contributed by atoms with E-state index >= 15 is 0 Å². The van der Waals surface area contributed by atoms with E-state index in [1.165, 1.54) is 11.3 Å². The number of H-pyrrole nitrogens is 1. The highest BCUT2D eigenvalue weighted by atomic mass is 32.1. The number of nitrogens with zero attached hydrogens (tertiary/aromatic N) is 5. The number of unbranched alkanes of at least 4 members (excludes halogenated alkanes) is 2. The van der Waals surface area contributed by atoms with Crippen molar-refractivity contribution in [3.63, 3.8) is 0 Å². The van der Waals surface area contributed by atoms with Crippen LogP contribution >= 0.6 is 11.3 Å². The number of allylic oxidation sites excluding steroid dienone is 1. The van der Waals surface area contributed by atoms with Gasteiger partial charge in [-0.1, -0.05) is 49.6 Å². The Hall–Kier alpha value is -7.00. The van der Waals surface area contributed by atoms with Gasteiger partial charge in [0.05, 0.1) is 48.5 Å². The van der Waals surface area contributed by atoms with Crippen molar-refractivity contribution in [3.8, 4) is 11.5 Å². The molecule has 20 heteroatoms. The molecule has 2 fully saturated rings. The van der Waals surface area contributed by atoms with Crippen LogP contribution in [0.3, 0.4) is 0 Å². The van der Waals surface area contributed by atoms with Gasteiger partial charge in [-0.2, -0.15) is 5.10 Å². The molecule has 0 bridgehead atoms. The third-order valence-corrected chi connectivity index (χ3v) is 15.2. The van der Waals surface area contributed by atoms with Gasteiger partial charge in [-0.3, -0.25) is 29.3 Å². The second kappa shape index (κ2) is 31.6. The summed E-state index contributed by atoms with van der Waals surface area (Å²) in [6.45, 7) is 10.4. The average molecular weight is 1100 g/mol. The summed E-state index contributed by atoms with van der Waals surface area (Å²) >= 11 is 1.33. The highest BCUT2D eigenvalue weighted by molar-refractivity contribution is 7.14. The molecule has 1 aliphatic heterocycles. The lowest BCUT2D eigenvalue weighted by Crippen LogP contribution is -2.55. The standard InChI is InChI=1S/C59H79N11O8S/c1-5-62-27-26-49(60)55-66-52(68-69-55)39-63-46-22-12-21-45(35-46)57(73)65-40(2)43-19-13-23-47(36-43)77-32-11-7-10-29-75-30-16-31-76-33-34-78-48-24-14-20-44(37-48)54(71)51-38-64-58(79-51)50-25-15-28-70(50)59(74)53(42-17-8-6-9-18-42)67-56(72)41(3)61-4/h12-14,19-24,26-27,35-38,40-42,50,53,61,63H,5-11,15-18,25,28-34,39,60H2,1-4H3,(H,65,73)(H,67,72)(H,66,68,69)/b49-26-,62-27?/t40-,41+,50+,53+/m1/s1. The molecule has 1 aliphatic carbocycles. The molecular weight excluding hydrogens is 1020 g/mol. The van der Waals surface area contributed by atoms with Gasteiger partial charge in [-0.15, -0.1) is 11.3 Å². The number of likely N-dealkylation sites (tertiary alicyclic amines) is 1. The van der Waals surface area contributed by atoms with Crippen LogP contribution in [0, 0.1) is 5.92 Å². The smallest absolute Gasteiger partial charge is 0.251 e. The Morgan fingerprint density at radius 2 is 1.57 bits per heavy atom. The lowest BCUT2D eigenvalue weighted by Gasteiger charge is -2.35. The molecule has 424 valence electrons. The van der Waals surface area contributed by atoms with Crippen molar-refractivity contribution in [2.24, 2.45) is 16.6 Å². The number of hydrogen-bond donors (Lipinski definition) is 6. The number of nitrogens with one attached hydrogen (secondary N) is 5. The fourth-order valence-electron chi connectivity index (χ4n) is 9.51.